The molecule has 17 heavy (non-hydrogen) atoms. The summed E-state index contributed by atoms with van der Waals surface area (Å²) >= 11 is 0. The lowest BCUT2D eigenvalue weighted by molar-refractivity contribution is 0.170. The SMILES string of the molecule is CCNc1ncc(C)c(NCC(C)(C)CO)n1. The van der Waals surface area contributed by atoms with E-state index in [0.717, 1.165) is 17.9 Å². The largest absolute Gasteiger partial charge is 0.396 e. The van der Waals surface area contributed by atoms with Gasteiger partial charge in [-0.15, -0.1) is 0 Å². The van der Waals surface area contributed by atoms with Crippen molar-refractivity contribution in [2.75, 3.05) is 30.3 Å². The zero-order chi connectivity index (χ0) is 12.9. The second kappa shape index (κ2) is 5.82. The molecule has 0 radical (unpaired) electrons. The summed E-state index contributed by atoms with van der Waals surface area (Å²) in [5.74, 6) is 1.44. The number of hydrogen-bond donors (Lipinski definition) is 3. The molecule has 0 bridgehead atoms. The first-order valence-electron chi connectivity index (χ1n) is 5.91. The molecule has 0 saturated heterocycles. The van der Waals surface area contributed by atoms with Crippen LogP contribution in [0.25, 0.3) is 0 Å². The highest BCUT2D eigenvalue weighted by atomic mass is 16.3. The van der Waals surface area contributed by atoms with E-state index in [1.54, 1.807) is 6.20 Å². The molecule has 0 aliphatic carbocycles. The lowest BCUT2D eigenvalue weighted by atomic mass is 9.95. The molecule has 96 valence electrons. The minimum Gasteiger partial charge on any atom is -0.396 e. The van der Waals surface area contributed by atoms with Crippen LogP contribution in [0, 0.1) is 12.3 Å². The Morgan fingerprint density at radius 2 is 2.06 bits per heavy atom. The van der Waals surface area contributed by atoms with Crippen molar-refractivity contribution in [3.63, 3.8) is 0 Å². The third-order valence-electron chi connectivity index (χ3n) is 2.47. The van der Waals surface area contributed by atoms with Crippen molar-refractivity contribution in [3.05, 3.63) is 11.8 Å². The minimum atomic E-state index is -0.157. The van der Waals surface area contributed by atoms with Gasteiger partial charge in [-0.05, 0) is 13.8 Å². The molecule has 0 aliphatic rings. The molecule has 0 fully saturated rings. The smallest absolute Gasteiger partial charge is 0.224 e. The van der Waals surface area contributed by atoms with Gasteiger partial charge in [0.25, 0.3) is 0 Å². The van der Waals surface area contributed by atoms with Crippen LogP contribution in [-0.4, -0.2) is 34.8 Å². The van der Waals surface area contributed by atoms with Crippen molar-refractivity contribution >= 4 is 11.8 Å². The fourth-order valence-corrected chi connectivity index (χ4v) is 1.24. The zero-order valence-corrected chi connectivity index (χ0v) is 11.0. The number of anilines is 2. The van der Waals surface area contributed by atoms with Gasteiger partial charge in [0.05, 0.1) is 0 Å². The average molecular weight is 238 g/mol. The molecule has 0 aliphatic heterocycles. The number of aliphatic hydroxyl groups is 1. The molecular formula is C12H22N4O. The predicted molar refractivity (Wildman–Crippen MR) is 70.3 cm³/mol. The molecule has 0 amide bonds. The van der Waals surface area contributed by atoms with E-state index in [2.05, 4.69) is 20.6 Å². The van der Waals surface area contributed by atoms with E-state index in [9.17, 15) is 5.11 Å². The van der Waals surface area contributed by atoms with Crippen LogP contribution in [0.5, 0.6) is 0 Å². The van der Waals surface area contributed by atoms with E-state index in [4.69, 9.17) is 0 Å². The van der Waals surface area contributed by atoms with Gasteiger partial charge in [-0.3, -0.25) is 0 Å². The fourth-order valence-electron chi connectivity index (χ4n) is 1.24. The van der Waals surface area contributed by atoms with Crippen LogP contribution in [0.15, 0.2) is 6.20 Å². The van der Waals surface area contributed by atoms with Crippen LogP contribution < -0.4 is 10.6 Å². The van der Waals surface area contributed by atoms with Crippen molar-refractivity contribution in [2.24, 2.45) is 5.41 Å². The second-order valence-corrected chi connectivity index (χ2v) is 4.93. The van der Waals surface area contributed by atoms with Crippen LogP contribution in [0.4, 0.5) is 11.8 Å². The summed E-state index contributed by atoms with van der Waals surface area (Å²) < 4.78 is 0. The Labute approximate surface area is 103 Å². The Balaban J connectivity index is 2.72. The summed E-state index contributed by atoms with van der Waals surface area (Å²) in [6.45, 7) is 9.58. The Hall–Kier alpha value is -1.36. The molecule has 0 unspecified atom stereocenters. The van der Waals surface area contributed by atoms with E-state index in [1.165, 1.54) is 0 Å². The molecule has 1 rings (SSSR count). The summed E-state index contributed by atoms with van der Waals surface area (Å²) in [5.41, 5.74) is 0.843. The number of aliphatic hydroxyl groups excluding tert-OH is 1. The molecule has 0 saturated carbocycles. The Kier molecular flexibility index (Phi) is 4.69. The Morgan fingerprint density at radius 3 is 2.65 bits per heavy atom. The summed E-state index contributed by atoms with van der Waals surface area (Å²) in [6.07, 6.45) is 1.79. The number of aromatic nitrogens is 2. The molecule has 1 aromatic heterocycles. The highest BCUT2D eigenvalue weighted by Crippen LogP contribution is 2.17. The standard InChI is InChI=1S/C12H22N4O/c1-5-13-11-14-6-9(2)10(16-11)15-7-12(3,4)8-17/h6,17H,5,7-8H2,1-4H3,(H2,13,14,15,16). The molecule has 1 aromatic rings. The maximum Gasteiger partial charge on any atom is 0.224 e. The van der Waals surface area contributed by atoms with E-state index < -0.39 is 0 Å². The average Bonchev–Trinajstić information content (AvgIpc) is 2.30. The molecular weight excluding hydrogens is 216 g/mol. The van der Waals surface area contributed by atoms with E-state index in [0.29, 0.717) is 12.5 Å². The van der Waals surface area contributed by atoms with Gasteiger partial charge < -0.3 is 15.7 Å². The third kappa shape index (κ3) is 4.19. The van der Waals surface area contributed by atoms with Gasteiger partial charge in [0.1, 0.15) is 5.82 Å². The Bertz CT molecular complexity index is 366. The topological polar surface area (TPSA) is 70.1 Å². The van der Waals surface area contributed by atoms with E-state index >= 15 is 0 Å². The lowest BCUT2D eigenvalue weighted by Gasteiger charge is -2.22. The number of hydrogen-bond acceptors (Lipinski definition) is 5. The van der Waals surface area contributed by atoms with Crippen LogP contribution in [0.2, 0.25) is 0 Å². The van der Waals surface area contributed by atoms with Gasteiger partial charge in [-0.1, -0.05) is 13.8 Å². The first kappa shape index (κ1) is 13.7. The fraction of sp³-hybridized carbons (Fsp3) is 0.667. The van der Waals surface area contributed by atoms with Crippen LogP contribution in [-0.2, 0) is 0 Å². The number of nitrogens with one attached hydrogen (secondary N) is 2. The molecule has 0 atom stereocenters. The van der Waals surface area contributed by atoms with Crippen molar-refractivity contribution < 1.29 is 5.11 Å². The van der Waals surface area contributed by atoms with Gasteiger partial charge in [0.15, 0.2) is 0 Å². The molecule has 3 N–H and O–H groups in total. The summed E-state index contributed by atoms with van der Waals surface area (Å²) in [4.78, 5) is 8.57. The Morgan fingerprint density at radius 1 is 1.35 bits per heavy atom. The van der Waals surface area contributed by atoms with Gasteiger partial charge in [-0.2, -0.15) is 4.98 Å². The van der Waals surface area contributed by atoms with E-state index in [-0.39, 0.29) is 12.0 Å². The van der Waals surface area contributed by atoms with Crippen molar-refractivity contribution in [1.82, 2.24) is 9.97 Å². The summed E-state index contributed by atoms with van der Waals surface area (Å²) in [5, 5.41) is 15.5. The maximum absolute atomic E-state index is 9.20. The van der Waals surface area contributed by atoms with E-state index in [1.807, 2.05) is 27.7 Å². The number of aryl methyl sites for hydroxylation is 1. The van der Waals surface area contributed by atoms with Gasteiger partial charge in [0, 0.05) is 36.9 Å². The van der Waals surface area contributed by atoms with Crippen molar-refractivity contribution in [3.8, 4) is 0 Å². The quantitative estimate of drug-likeness (QED) is 0.703. The molecule has 5 heteroatoms. The van der Waals surface area contributed by atoms with Gasteiger partial charge >= 0.3 is 0 Å². The lowest BCUT2D eigenvalue weighted by Crippen LogP contribution is -2.27. The first-order valence-corrected chi connectivity index (χ1v) is 5.91. The van der Waals surface area contributed by atoms with Crippen molar-refractivity contribution in [2.45, 2.75) is 27.7 Å². The molecule has 1 heterocycles. The monoisotopic (exact) mass is 238 g/mol. The maximum atomic E-state index is 9.20. The minimum absolute atomic E-state index is 0.143. The second-order valence-electron chi connectivity index (χ2n) is 4.93. The third-order valence-corrected chi connectivity index (χ3v) is 2.47. The predicted octanol–water partition coefficient (Wildman–Crippen LogP) is 1.65. The first-order chi connectivity index (χ1) is 7.98. The molecule has 5 nitrogen and oxygen atoms in total. The molecule has 0 aromatic carbocycles. The van der Waals surface area contributed by atoms with Gasteiger partial charge in [-0.25, -0.2) is 4.98 Å². The van der Waals surface area contributed by atoms with Crippen LogP contribution in [0.1, 0.15) is 26.3 Å². The normalized spacial score (nSPS) is 11.4. The summed E-state index contributed by atoms with van der Waals surface area (Å²) in [7, 11) is 0. The highest BCUT2D eigenvalue weighted by molar-refractivity contribution is 5.46. The number of nitrogens with zero attached hydrogens (tertiary/aromatic N) is 2. The van der Waals surface area contributed by atoms with Gasteiger partial charge in [0.2, 0.25) is 5.95 Å². The summed E-state index contributed by atoms with van der Waals surface area (Å²) in [6, 6.07) is 0. The van der Waals surface area contributed by atoms with Crippen LogP contribution >= 0.6 is 0 Å². The zero-order valence-electron chi connectivity index (χ0n) is 11.0. The highest BCUT2D eigenvalue weighted by Gasteiger charge is 2.16. The van der Waals surface area contributed by atoms with Crippen LogP contribution in [0.3, 0.4) is 0 Å². The number of rotatable bonds is 6. The van der Waals surface area contributed by atoms with Crippen molar-refractivity contribution in [1.29, 1.82) is 0 Å². The molecule has 0 spiro atoms.